The number of carbonyl (C=O) groups is 2. The molecule has 2 amide bonds. The zero-order valence-corrected chi connectivity index (χ0v) is 14.6. The highest BCUT2D eigenvalue weighted by atomic mass is 16.2. The highest BCUT2D eigenvalue weighted by Crippen LogP contribution is 2.23. The third-order valence-corrected chi connectivity index (χ3v) is 4.47. The SMILES string of the molecule is C=CC(=O)N1CCC[C@H](CC(=O)NC(c2ccccn2)C(C)C)C1. The van der Waals surface area contributed by atoms with Gasteiger partial charge in [0, 0.05) is 25.7 Å². The molecule has 0 saturated carbocycles. The molecule has 0 bridgehead atoms. The van der Waals surface area contributed by atoms with Crippen molar-refractivity contribution in [3.05, 3.63) is 42.7 Å². The summed E-state index contributed by atoms with van der Waals surface area (Å²) < 4.78 is 0. The van der Waals surface area contributed by atoms with E-state index in [-0.39, 0.29) is 29.7 Å². The van der Waals surface area contributed by atoms with Crippen molar-refractivity contribution in [1.29, 1.82) is 0 Å². The summed E-state index contributed by atoms with van der Waals surface area (Å²) in [5.74, 6) is 0.444. The summed E-state index contributed by atoms with van der Waals surface area (Å²) in [6, 6.07) is 5.66. The molecule has 2 heterocycles. The number of piperidine rings is 1. The van der Waals surface area contributed by atoms with Crippen molar-refractivity contribution in [3.63, 3.8) is 0 Å². The molecule has 1 aliphatic heterocycles. The van der Waals surface area contributed by atoms with Crippen LogP contribution in [-0.2, 0) is 9.59 Å². The minimum atomic E-state index is -0.0896. The molecule has 0 aliphatic carbocycles. The number of aromatic nitrogens is 1. The molecule has 1 N–H and O–H groups in total. The van der Waals surface area contributed by atoms with Crippen molar-refractivity contribution in [2.45, 2.75) is 39.2 Å². The van der Waals surface area contributed by atoms with Gasteiger partial charge in [0.1, 0.15) is 0 Å². The Morgan fingerprint density at radius 1 is 1.46 bits per heavy atom. The minimum Gasteiger partial charge on any atom is -0.347 e. The summed E-state index contributed by atoms with van der Waals surface area (Å²) in [4.78, 5) is 30.4. The largest absolute Gasteiger partial charge is 0.347 e. The first kappa shape index (κ1) is 18.2. The minimum absolute atomic E-state index is 0.0252. The molecule has 0 aromatic carbocycles. The molecule has 1 aromatic heterocycles. The van der Waals surface area contributed by atoms with E-state index in [1.807, 2.05) is 18.2 Å². The Morgan fingerprint density at radius 3 is 2.88 bits per heavy atom. The van der Waals surface area contributed by atoms with Crippen LogP contribution in [0.5, 0.6) is 0 Å². The molecule has 0 spiro atoms. The van der Waals surface area contributed by atoms with Crippen LogP contribution in [0.15, 0.2) is 37.1 Å². The van der Waals surface area contributed by atoms with Gasteiger partial charge in [-0.15, -0.1) is 0 Å². The first-order valence-corrected chi connectivity index (χ1v) is 8.63. The van der Waals surface area contributed by atoms with Gasteiger partial charge in [-0.1, -0.05) is 26.5 Å². The third-order valence-electron chi connectivity index (χ3n) is 4.47. The Morgan fingerprint density at radius 2 is 2.25 bits per heavy atom. The van der Waals surface area contributed by atoms with Crippen LogP contribution in [0.1, 0.15) is 44.8 Å². The first-order valence-electron chi connectivity index (χ1n) is 8.63. The predicted molar refractivity (Wildman–Crippen MR) is 94.1 cm³/mol. The second-order valence-electron chi connectivity index (χ2n) is 6.74. The van der Waals surface area contributed by atoms with Crippen molar-refractivity contribution in [1.82, 2.24) is 15.2 Å². The van der Waals surface area contributed by atoms with Gasteiger partial charge < -0.3 is 10.2 Å². The fourth-order valence-electron chi connectivity index (χ4n) is 3.20. The van der Waals surface area contributed by atoms with E-state index in [2.05, 4.69) is 30.7 Å². The maximum Gasteiger partial charge on any atom is 0.245 e. The second kappa shape index (κ2) is 8.62. The molecule has 5 heteroatoms. The van der Waals surface area contributed by atoms with E-state index in [9.17, 15) is 9.59 Å². The first-order chi connectivity index (χ1) is 11.5. The van der Waals surface area contributed by atoms with E-state index < -0.39 is 0 Å². The molecular weight excluding hydrogens is 302 g/mol. The number of nitrogens with zero attached hydrogens (tertiary/aromatic N) is 2. The Hall–Kier alpha value is -2.17. The van der Waals surface area contributed by atoms with Crippen LogP contribution >= 0.6 is 0 Å². The molecule has 1 fully saturated rings. The van der Waals surface area contributed by atoms with Gasteiger partial charge in [0.25, 0.3) is 0 Å². The van der Waals surface area contributed by atoms with Crippen LogP contribution in [0, 0.1) is 11.8 Å². The zero-order valence-electron chi connectivity index (χ0n) is 14.6. The zero-order chi connectivity index (χ0) is 17.5. The monoisotopic (exact) mass is 329 g/mol. The number of hydrogen-bond donors (Lipinski definition) is 1. The van der Waals surface area contributed by atoms with Gasteiger partial charge in [-0.25, -0.2) is 0 Å². The molecule has 2 atom stereocenters. The number of carbonyl (C=O) groups excluding carboxylic acids is 2. The van der Waals surface area contributed by atoms with Crippen molar-refractivity contribution < 1.29 is 9.59 Å². The highest BCUT2D eigenvalue weighted by molar-refractivity contribution is 5.87. The number of rotatable bonds is 6. The maximum absolute atomic E-state index is 12.5. The van der Waals surface area contributed by atoms with E-state index in [4.69, 9.17) is 0 Å². The van der Waals surface area contributed by atoms with Crippen LogP contribution in [0.25, 0.3) is 0 Å². The maximum atomic E-state index is 12.5. The van der Waals surface area contributed by atoms with Crippen LogP contribution in [0.2, 0.25) is 0 Å². The van der Waals surface area contributed by atoms with Crippen LogP contribution in [0.4, 0.5) is 0 Å². The van der Waals surface area contributed by atoms with E-state index in [0.29, 0.717) is 13.0 Å². The molecule has 24 heavy (non-hydrogen) atoms. The van der Waals surface area contributed by atoms with Crippen molar-refractivity contribution in [2.75, 3.05) is 13.1 Å². The normalized spacial score (nSPS) is 19.0. The Labute approximate surface area is 144 Å². The van der Waals surface area contributed by atoms with Gasteiger partial charge in [0.05, 0.1) is 11.7 Å². The Balaban J connectivity index is 1.93. The van der Waals surface area contributed by atoms with Gasteiger partial charge in [-0.3, -0.25) is 14.6 Å². The lowest BCUT2D eigenvalue weighted by Crippen LogP contribution is -2.41. The highest BCUT2D eigenvalue weighted by Gasteiger charge is 2.26. The summed E-state index contributed by atoms with van der Waals surface area (Å²) in [7, 11) is 0. The summed E-state index contributed by atoms with van der Waals surface area (Å²) in [6.07, 6.45) is 5.45. The number of hydrogen-bond acceptors (Lipinski definition) is 3. The fraction of sp³-hybridized carbons (Fsp3) is 0.526. The molecule has 0 radical (unpaired) electrons. The lowest BCUT2D eigenvalue weighted by molar-refractivity contribution is -0.130. The molecule has 1 unspecified atom stereocenters. The molecule has 1 saturated heterocycles. The average Bonchev–Trinajstić information content (AvgIpc) is 2.59. The quantitative estimate of drug-likeness (QED) is 0.816. The summed E-state index contributed by atoms with van der Waals surface area (Å²) >= 11 is 0. The molecule has 5 nitrogen and oxygen atoms in total. The number of pyridine rings is 1. The molecule has 2 rings (SSSR count). The number of nitrogens with one attached hydrogen (secondary N) is 1. The molecule has 130 valence electrons. The predicted octanol–water partition coefficient (Wildman–Crippen LogP) is 2.71. The van der Waals surface area contributed by atoms with E-state index >= 15 is 0 Å². The van der Waals surface area contributed by atoms with Gasteiger partial charge >= 0.3 is 0 Å². The van der Waals surface area contributed by atoms with Gasteiger partial charge in [-0.05, 0) is 42.9 Å². The Kier molecular flexibility index (Phi) is 6.53. The smallest absolute Gasteiger partial charge is 0.245 e. The van der Waals surface area contributed by atoms with E-state index in [1.54, 1.807) is 11.1 Å². The summed E-state index contributed by atoms with van der Waals surface area (Å²) in [6.45, 7) is 9.07. The average molecular weight is 329 g/mol. The fourth-order valence-corrected chi connectivity index (χ4v) is 3.20. The topological polar surface area (TPSA) is 62.3 Å². The van der Waals surface area contributed by atoms with Gasteiger partial charge in [0.2, 0.25) is 11.8 Å². The second-order valence-corrected chi connectivity index (χ2v) is 6.74. The van der Waals surface area contributed by atoms with Crippen molar-refractivity contribution in [3.8, 4) is 0 Å². The number of likely N-dealkylation sites (tertiary alicyclic amines) is 1. The lowest BCUT2D eigenvalue weighted by atomic mass is 9.93. The van der Waals surface area contributed by atoms with Crippen molar-refractivity contribution >= 4 is 11.8 Å². The van der Waals surface area contributed by atoms with Gasteiger partial charge in [0.15, 0.2) is 0 Å². The lowest BCUT2D eigenvalue weighted by Gasteiger charge is -2.32. The number of amides is 2. The molecule has 1 aliphatic rings. The third kappa shape index (κ3) is 4.91. The van der Waals surface area contributed by atoms with Gasteiger partial charge in [-0.2, -0.15) is 0 Å². The van der Waals surface area contributed by atoms with Crippen LogP contribution in [-0.4, -0.2) is 34.8 Å². The molecule has 1 aromatic rings. The van der Waals surface area contributed by atoms with Crippen molar-refractivity contribution in [2.24, 2.45) is 11.8 Å². The van der Waals surface area contributed by atoms with E-state index in [1.165, 1.54) is 6.08 Å². The van der Waals surface area contributed by atoms with Crippen LogP contribution < -0.4 is 5.32 Å². The van der Waals surface area contributed by atoms with E-state index in [0.717, 1.165) is 25.1 Å². The standard InChI is InChI=1S/C19H27N3O2/c1-4-18(24)22-11-7-8-15(13-22)12-17(23)21-19(14(2)3)16-9-5-6-10-20-16/h4-6,9-10,14-15,19H,1,7-8,11-13H2,2-3H3,(H,21,23)/t15-,19?/m1/s1. The Bertz CT molecular complexity index is 571. The summed E-state index contributed by atoms with van der Waals surface area (Å²) in [5.41, 5.74) is 0.882. The summed E-state index contributed by atoms with van der Waals surface area (Å²) in [5, 5.41) is 3.11. The van der Waals surface area contributed by atoms with Crippen LogP contribution in [0.3, 0.4) is 0 Å². The molecular formula is C19H27N3O2.